The van der Waals surface area contributed by atoms with Gasteiger partial charge in [-0.3, -0.25) is 0 Å². The first kappa shape index (κ1) is 19.1. The van der Waals surface area contributed by atoms with E-state index >= 15 is 0 Å². The van der Waals surface area contributed by atoms with E-state index in [1.54, 1.807) is 30.6 Å². The fraction of sp³-hybridized carbons (Fsp3) is 0.625. The molecule has 0 unspecified atom stereocenters. The highest BCUT2D eigenvalue weighted by Crippen LogP contribution is 2.35. The van der Waals surface area contributed by atoms with Gasteiger partial charge in [0, 0.05) is 32.4 Å². The number of carbonyl (C=O) groups excluding carboxylic acids is 1. The molecule has 25 heavy (non-hydrogen) atoms. The van der Waals surface area contributed by atoms with Crippen LogP contribution in [0, 0.1) is 0 Å². The van der Waals surface area contributed by atoms with Gasteiger partial charge in [0.05, 0.1) is 12.7 Å². The number of rotatable bonds is 2. The maximum atomic E-state index is 12.8. The summed E-state index contributed by atoms with van der Waals surface area (Å²) >= 11 is 0. The first-order valence-corrected chi connectivity index (χ1v) is 7.85. The highest BCUT2D eigenvalue weighted by Gasteiger charge is 2.33. The fourth-order valence-electron chi connectivity index (χ4n) is 2.41. The summed E-state index contributed by atoms with van der Waals surface area (Å²) in [6, 6.07) is 0.933. The first-order chi connectivity index (χ1) is 11.5. The molecule has 0 atom stereocenters. The molecule has 2 rings (SSSR count). The summed E-state index contributed by atoms with van der Waals surface area (Å²) in [6.07, 6.45) is -4.09. The second-order valence-corrected chi connectivity index (χ2v) is 6.70. The van der Waals surface area contributed by atoms with Crippen LogP contribution in [0.3, 0.4) is 0 Å². The lowest BCUT2D eigenvalue weighted by atomic mass is 10.2. The molecule has 9 heteroatoms. The fourth-order valence-corrected chi connectivity index (χ4v) is 2.41. The van der Waals surface area contributed by atoms with Gasteiger partial charge >= 0.3 is 12.3 Å². The Morgan fingerprint density at radius 2 is 1.76 bits per heavy atom. The van der Waals surface area contributed by atoms with E-state index in [9.17, 15) is 18.0 Å². The maximum absolute atomic E-state index is 12.8. The van der Waals surface area contributed by atoms with Crippen molar-refractivity contribution in [2.75, 3.05) is 38.2 Å². The molecule has 1 amide bonds. The number of hydrogen-bond acceptors (Lipinski definition) is 5. The predicted molar refractivity (Wildman–Crippen MR) is 85.8 cm³/mol. The standard InChI is InChI=1S/C16H22F3N3O3/c1-15(2,3)25-14(23)22-7-5-21(6-8-22)13-12(24-4)9-11(10-20-13)16(17,18)19/h9-10H,5-8H2,1-4H3. The van der Waals surface area contributed by atoms with E-state index in [2.05, 4.69) is 4.98 Å². The number of methoxy groups -OCH3 is 1. The third kappa shape index (κ3) is 4.90. The Hall–Kier alpha value is -2.19. The average Bonchev–Trinajstić information content (AvgIpc) is 2.52. The number of amides is 1. The minimum Gasteiger partial charge on any atom is -0.493 e. The molecule has 0 N–H and O–H groups in total. The smallest absolute Gasteiger partial charge is 0.418 e. The minimum absolute atomic E-state index is 0.0561. The molecule has 0 bridgehead atoms. The molecule has 140 valence electrons. The van der Waals surface area contributed by atoms with Crippen molar-refractivity contribution in [3.05, 3.63) is 17.8 Å². The van der Waals surface area contributed by atoms with E-state index in [0.29, 0.717) is 32.0 Å². The number of anilines is 1. The second-order valence-electron chi connectivity index (χ2n) is 6.70. The van der Waals surface area contributed by atoms with Crippen LogP contribution in [-0.4, -0.2) is 54.9 Å². The molecule has 1 saturated heterocycles. The number of alkyl halides is 3. The number of piperazine rings is 1. The molecular formula is C16H22F3N3O3. The molecule has 1 aliphatic rings. The normalized spacial score (nSPS) is 16.0. The summed E-state index contributed by atoms with van der Waals surface area (Å²) in [7, 11) is 1.30. The zero-order chi connectivity index (χ0) is 18.8. The van der Waals surface area contributed by atoms with Gasteiger partial charge in [-0.25, -0.2) is 9.78 Å². The zero-order valence-electron chi connectivity index (χ0n) is 14.7. The second kappa shape index (κ2) is 6.97. The van der Waals surface area contributed by atoms with E-state index in [1.807, 2.05) is 0 Å². The number of halogens is 3. The molecule has 1 aromatic heterocycles. The minimum atomic E-state index is -4.48. The van der Waals surface area contributed by atoms with E-state index in [-0.39, 0.29) is 5.75 Å². The monoisotopic (exact) mass is 361 g/mol. The van der Waals surface area contributed by atoms with E-state index in [0.717, 1.165) is 12.3 Å². The van der Waals surface area contributed by atoms with Gasteiger partial charge in [-0.15, -0.1) is 0 Å². The van der Waals surface area contributed by atoms with Crippen LogP contribution in [0.15, 0.2) is 12.3 Å². The highest BCUT2D eigenvalue weighted by atomic mass is 19.4. The number of ether oxygens (including phenoxy) is 2. The molecule has 0 radical (unpaired) electrons. The van der Waals surface area contributed by atoms with Crippen LogP contribution in [0.5, 0.6) is 5.75 Å². The Kier molecular flexibility index (Phi) is 5.34. The SMILES string of the molecule is COc1cc(C(F)(F)F)cnc1N1CCN(C(=O)OC(C)(C)C)CC1. The Balaban J connectivity index is 2.07. The number of carbonyl (C=O) groups is 1. The molecule has 2 heterocycles. The molecule has 1 fully saturated rings. The largest absolute Gasteiger partial charge is 0.493 e. The molecule has 6 nitrogen and oxygen atoms in total. The molecule has 0 aliphatic carbocycles. The van der Waals surface area contributed by atoms with E-state index < -0.39 is 23.4 Å². The summed E-state index contributed by atoms with van der Waals surface area (Å²) in [5.74, 6) is 0.389. The van der Waals surface area contributed by atoms with Crippen molar-refractivity contribution < 1.29 is 27.4 Å². The third-order valence-corrected chi connectivity index (χ3v) is 3.61. The Labute approximate surface area is 144 Å². The van der Waals surface area contributed by atoms with Crippen molar-refractivity contribution in [3.63, 3.8) is 0 Å². The number of aromatic nitrogens is 1. The maximum Gasteiger partial charge on any atom is 0.418 e. The number of nitrogens with zero attached hydrogens (tertiary/aromatic N) is 3. The van der Waals surface area contributed by atoms with Crippen LogP contribution in [0.4, 0.5) is 23.8 Å². The van der Waals surface area contributed by atoms with Crippen molar-refractivity contribution in [1.82, 2.24) is 9.88 Å². The predicted octanol–water partition coefficient (Wildman–Crippen LogP) is 3.17. The molecule has 1 aliphatic heterocycles. The Bertz CT molecular complexity index is 621. The number of hydrogen-bond donors (Lipinski definition) is 0. The Morgan fingerprint density at radius 3 is 2.24 bits per heavy atom. The molecule has 0 spiro atoms. The van der Waals surface area contributed by atoms with Crippen LogP contribution < -0.4 is 9.64 Å². The van der Waals surface area contributed by atoms with Gasteiger partial charge in [0.1, 0.15) is 5.60 Å². The van der Waals surface area contributed by atoms with Crippen LogP contribution in [0.25, 0.3) is 0 Å². The molecule has 1 aromatic rings. The Morgan fingerprint density at radius 1 is 1.16 bits per heavy atom. The highest BCUT2D eigenvalue weighted by molar-refractivity contribution is 5.68. The van der Waals surface area contributed by atoms with Crippen molar-refractivity contribution >= 4 is 11.9 Å². The summed E-state index contributed by atoms with van der Waals surface area (Å²) in [5, 5.41) is 0. The van der Waals surface area contributed by atoms with Crippen molar-refractivity contribution in [2.24, 2.45) is 0 Å². The van der Waals surface area contributed by atoms with Crippen molar-refractivity contribution in [3.8, 4) is 5.75 Å². The number of pyridine rings is 1. The summed E-state index contributed by atoms with van der Waals surface area (Å²) in [5.41, 5.74) is -1.44. The topological polar surface area (TPSA) is 54.9 Å². The zero-order valence-corrected chi connectivity index (χ0v) is 14.7. The van der Waals surface area contributed by atoms with Gasteiger partial charge in [0.15, 0.2) is 11.6 Å². The third-order valence-electron chi connectivity index (χ3n) is 3.61. The van der Waals surface area contributed by atoms with Gasteiger partial charge in [-0.05, 0) is 26.8 Å². The van der Waals surface area contributed by atoms with Crippen LogP contribution in [0.2, 0.25) is 0 Å². The van der Waals surface area contributed by atoms with Crippen molar-refractivity contribution in [2.45, 2.75) is 32.5 Å². The van der Waals surface area contributed by atoms with Gasteiger partial charge in [-0.1, -0.05) is 0 Å². The van der Waals surface area contributed by atoms with Gasteiger partial charge in [-0.2, -0.15) is 13.2 Å². The lowest BCUT2D eigenvalue weighted by Crippen LogP contribution is -2.50. The average molecular weight is 361 g/mol. The summed E-state index contributed by atoms with van der Waals surface area (Å²) in [6.45, 7) is 7.00. The molecule has 0 aromatic carbocycles. The quantitative estimate of drug-likeness (QED) is 0.810. The van der Waals surface area contributed by atoms with E-state index in [1.165, 1.54) is 7.11 Å². The van der Waals surface area contributed by atoms with Crippen LogP contribution in [-0.2, 0) is 10.9 Å². The van der Waals surface area contributed by atoms with Crippen LogP contribution >= 0.6 is 0 Å². The van der Waals surface area contributed by atoms with Gasteiger partial charge in [0.2, 0.25) is 0 Å². The van der Waals surface area contributed by atoms with Gasteiger partial charge < -0.3 is 19.3 Å². The summed E-state index contributed by atoms with van der Waals surface area (Å²) in [4.78, 5) is 19.3. The lowest BCUT2D eigenvalue weighted by Gasteiger charge is -2.36. The molecule has 0 saturated carbocycles. The first-order valence-electron chi connectivity index (χ1n) is 7.85. The lowest BCUT2D eigenvalue weighted by molar-refractivity contribution is -0.137. The summed E-state index contributed by atoms with van der Waals surface area (Å²) < 4.78 is 48.7. The van der Waals surface area contributed by atoms with E-state index in [4.69, 9.17) is 9.47 Å². The van der Waals surface area contributed by atoms with Gasteiger partial charge in [0.25, 0.3) is 0 Å². The van der Waals surface area contributed by atoms with Crippen LogP contribution in [0.1, 0.15) is 26.3 Å². The molecular weight excluding hydrogens is 339 g/mol. The van der Waals surface area contributed by atoms with Crippen molar-refractivity contribution in [1.29, 1.82) is 0 Å².